The molecule has 1 aromatic rings. The summed E-state index contributed by atoms with van der Waals surface area (Å²) in [6.45, 7) is 6.03. The fraction of sp³-hybridized carbons (Fsp3) is 0.308. The molecule has 0 aromatic heterocycles. The van der Waals surface area contributed by atoms with Gasteiger partial charge in [0, 0.05) is 5.56 Å². The van der Waals surface area contributed by atoms with Gasteiger partial charge in [0.25, 0.3) is 0 Å². The third-order valence-electron chi connectivity index (χ3n) is 2.24. The fourth-order valence-corrected chi connectivity index (χ4v) is 1.51. The molecular weight excluding hydrogens is 188 g/mol. The van der Waals surface area contributed by atoms with Crippen LogP contribution in [0.4, 0.5) is 0 Å². The molecule has 0 bridgehead atoms. The van der Waals surface area contributed by atoms with E-state index < -0.39 is 0 Å². The van der Waals surface area contributed by atoms with E-state index in [0.717, 1.165) is 17.4 Å². The van der Waals surface area contributed by atoms with Gasteiger partial charge in [-0.3, -0.25) is 4.79 Å². The Bertz CT molecular complexity index is 384. The molecule has 1 aromatic carbocycles. The Kier molecular flexibility index (Phi) is 3.30. The first-order valence-corrected chi connectivity index (χ1v) is 4.91. The molecule has 0 fully saturated rings. The number of aromatic hydroxyl groups is 1. The molecular formula is C13H16O2. The molecule has 80 valence electrons. The van der Waals surface area contributed by atoms with Crippen LogP contribution in [0.1, 0.15) is 26.3 Å². The van der Waals surface area contributed by atoms with Crippen molar-refractivity contribution in [3.05, 3.63) is 35.9 Å². The number of aldehydes is 1. The molecule has 0 radical (unpaired) electrons. The number of allylic oxidation sites excluding steroid dienone is 2. The lowest BCUT2D eigenvalue weighted by molar-refractivity contribution is -0.104. The van der Waals surface area contributed by atoms with Crippen molar-refractivity contribution in [3.63, 3.8) is 0 Å². The number of hydrogen-bond donors (Lipinski definition) is 1. The number of carbonyl (C=O) groups excluding carboxylic acids is 1. The Balaban J connectivity index is 3.29. The molecule has 2 nitrogen and oxygen atoms in total. The van der Waals surface area contributed by atoms with E-state index in [9.17, 15) is 9.90 Å². The summed E-state index contributed by atoms with van der Waals surface area (Å²) in [6.07, 6.45) is 2.27. The van der Waals surface area contributed by atoms with Crippen LogP contribution >= 0.6 is 0 Å². The first-order chi connectivity index (χ1) is 6.96. The van der Waals surface area contributed by atoms with Gasteiger partial charge in [0.05, 0.1) is 0 Å². The van der Waals surface area contributed by atoms with Crippen LogP contribution in [0.15, 0.2) is 30.3 Å². The van der Waals surface area contributed by atoms with E-state index in [1.165, 1.54) is 6.08 Å². The summed E-state index contributed by atoms with van der Waals surface area (Å²) in [7, 11) is 0. The van der Waals surface area contributed by atoms with E-state index in [1.54, 1.807) is 12.1 Å². The van der Waals surface area contributed by atoms with Gasteiger partial charge < -0.3 is 5.11 Å². The summed E-state index contributed by atoms with van der Waals surface area (Å²) >= 11 is 0. The highest BCUT2D eigenvalue weighted by molar-refractivity contribution is 5.85. The quantitative estimate of drug-likeness (QED) is 0.594. The predicted octanol–water partition coefficient (Wildman–Crippen LogP) is 3.02. The number of para-hydroxylation sites is 1. The third-order valence-corrected chi connectivity index (χ3v) is 2.24. The van der Waals surface area contributed by atoms with Gasteiger partial charge in [-0.1, -0.05) is 39.0 Å². The average Bonchev–Trinajstić information content (AvgIpc) is 2.14. The van der Waals surface area contributed by atoms with E-state index in [2.05, 4.69) is 0 Å². The number of rotatable bonds is 2. The number of phenolic OH excluding ortho intramolecular Hbond substituents is 1. The Morgan fingerprint density at radius 2 is 1.87 bits per heavy atom. The highest BCUT2D eigenvalue weighted by Gasteiger charge is 2.20. The zero-order valence-corrected chi connectivity index (χ0v) is 9.32. The standard InChI is InChI=1S/C13H16O2/c1-13(2,3)11(8-9-14)10-6-4-5-7-12(10)15/h4-9,15H,1-3H3/b11-8+. The highest BCUT2D eigenvalue weighted by Crippen LogP contribution is 2.37. The topological polar surface area (TPSA) is 37.3 Å². The zero-order chi connectivity index (χ0) is 11.5. The monoisotopic (exact) mass is 204 g/mol. The minimum Gasteiger partial charge on any atom is -0.507 e. The number of hydrogen-bond acceptors (Lipinski definition) is 2. The Labute approximate surface area is 90.3 Å². The molecule has 0 unspecified atom stereocenters. The summed E-state index contributed by atoms with van der Waals surface area (Å²) in [6, 6.07) is 7.05. The molecule has 0 spiro atoms. The summed E-state index contributed by atoms with van der Waals surface area (Å²) < 4.78 is 0. The lowest BCUT2D eigenvalue weighted by Gasteiger charge is -2.23. The molecule has 0 saturated heterocycles. The van der Waals surface area contributed by atoms with Crippen LogP contribution < -0.4 is 0 Å². The van der Waals surface area contributed by atoms with Crippen molar-refractivity contribution in [2.45, 2.75) is 20.8 Å². The normalized spacial score (nSPS) is 12.6. The van der Waals surface area contributed by atoms with Crippen LogP contribution in [0, 0.1) is 5.41 Å². The molecule has 0 aliphatic carbocycles. The van der Waals surface area contributed by atoms with Crippen molar-refractivity contribution >= 4 is 11.9 Å². The predicted molar refractivity (Wildman–Crippen MR) is 61.6 cm³/mol. The van der Waals surface area contributed by atoms with Gasteiger partial charge in [0.1, 0.15) is 12.0 Å². The molecule has 0 atom stereocenters. The Hall–Kier alpha value is -1.57. The summed E-state index contributed by atoms with van der Waals surface area (Å²) in [4.78, 5) is 10.6. The van der Waals surface area contributed by atoms with E-state index in [-0.39, 0.29) is 11.2 Å². The average molecular weight is 204 g/mol. The van der Waals surface area contributed by atoms with Gasteiger partial charge in [-0.15, -0.1) is 0 Å². The first kappa shape index (κ1) is 11.5. The van der Waals surface area contributed by atoms with Gasteiger partial charge >= 0.3 is 0 Å². The van der Waals surface area contributed by atoms with E-state index in [0.29, 0.717) is 0 Å². The molecule has 15 heavy (non-hydrogen) atoms. The zero-order valence-electron chi connectivity index (χ0n) is 9.32. The van der Waals surface area contributed by atoms with E-state index >= 15 is 0 Å². The maximum absolute atomic E-state index is 10.6. The third kappa shape index (κ3) is 2.69. The van der Waals surface area contributed by atoms with Crippen LogP contribution in [0.5, 0.6) is 5.75 Å². The van der Waals surface area contributed by atoms with Crippen molar-refractivity contribution in [1.82, 2.24) is 0 Å². The SMILES string of the molecule is CC(C)(C)/C(=C/C=O)c1ccccc1O. The van der Waals surface area contributed by atoms with Crippen LogP contribution in [-0.2, 0) is 4.79 Å². The smallest absolute Gasteiger partial charge is 0.143 e. The Morgan fingerprint density at radius 3 is 2.33 bits per heavy atom. The summed E-state index contributed by atoms with van der Waals surface area (Å²) in [5.41, 5.74) is 1.40. The van der Waals surface area contributed by atoms with E-state index in [1.807, 2.05) is 32.9 Å². The molecule has 0 saturated carbocycles. The maximum Gasteiger partial charge on any atom is 0.143 e. The van der Waals surface area contributed by atoms with Crippen molar-refractivity contribution in [3.8, 4) is 5.75 Å². The van der Waals surface area contributed by atoms with Crippen LogP contribution in [0.2, 0.25) is 0 Å². The van der Waals surface area contributed by atoms with Crippen LogP contribution in [0.25, 0.3) is 5.57 Å². The molecule has 1 N–H and O–H groups in total. The molecule has 0 aliphatic rings. The minimum absolute atomic E-state index is 0.167. The van der Waals surface area contributed by atoms with Crippen molar-refractivity contribution in [1.29, 1.82) is 0 Å². The highest BCUT2D eigenvalue weighted by atomic mass is 16.3. The van der Waals surface area contributed by atoms with Crippen molar-refractivity contribution in [2.75, 3.05) is 0 Å². The Morgan fingerprint density at radius 1 is 1.27 bits per heavy atom. The minimum atomic E-state index is -0.167. The molecule has 0 amide bonds. The lowest BCUT2D eigenvalue weighted by atomic mass is 9.81. The van der Waals surface area contributed by atoms with Gasteiger partial charge in [-0.25, -0.2) is 0 Å². The van der Waals surface area contributed by atoms with Gasteiger partial charge in [0.2, 0.25) is 0 Å². The van der Waals surface area contributed by atoms with E-state index in [4.69, 9.17) is 0 Å². The van der Waals surface area contributed by atoms with Gasteiger partial charge in [-0.05, 0) is 23.1 Å². The number of phenols is 1. The molecule has 1 rings (SSSR count). The van der Waals surface area contributed by atoms with Crippen LogP contribution in [0.3, 0.4) is 0 Å². The lowest BCUT2D eigenvalue weighted by Crippen LogP contribution is -2.08. The second-order valence-electron chi connectivity index (χ2n) is 4.48. The van der Waals surface area contributed by atoms with Gasteiger partial charge in [-0.2, -0.15) is 0 Å². The fourth-order valence-electron chi connectivity index (χ4n) is 1.51. The van der Waals surface area contributed by atoms with Crippen molar-refractivity contribution in [2.24, 2.45) is 5.41 Å². The summed E-state index contributed by atoms with van der Waals surface area (Å²) in [5.74, 6) is 0.209. The molecule has 0 aliphatic heterocycles. The van der Waals surface area contributed by atoms with Crippen LogP contribution in [-0.4, -0.2) is 11.4 Å². The largest absolute Gasteiger partial charge is 0.507 e. The number of benzene rings is 1. The number of carbonyl (C=O) groups is 1. The molecule has 2 heteroatoms. The summed E-state index contributed by atoms with van der Waals surface area (Å²) in [5, 5.41) is 9.71. The second kappa shape index (κ2) is 4.30. The second-order valence-corrected chi connectivity index (χ2v) is 4.48. The maximum atomic E-state index is 10.6. The molecule has 0 heterocycles. The first-order valence-electron chi connectivity index (χ1n) is 4.91. The van der Waals surface area contributed by atoms with Gasteiger partial charge in [0.15, 0.2) is 0 Å². The van der Waals surface area contributed by atoms with Crippen molar-refractivity contribution < 1.29 is 9.90 Å².